The van der Waals surface area contributed by atoms with Gasteiger partial charge in [-0.25, -0.2) is 8.42 Å². The predicted molar refractivity (Wildman–Crippen MR) is 140 cm³/mol. The summed E-state index contributed by atoms with van der Waals surface area (Å²) in [5.41, 5.74) is 0.434. The Morgan fingerprint density at radius 3 is 2.56 bits per heavy atom. The van der Waals surface area contributed by atoms with E-state index >= 15 is 0 Å². The molecule has 5 rings (SSSR count). The predicted octanol–water partition coefficient (Wildman–Crippen LogP) is 3.60. The molecule has 2 saturated heterocycles. The molecule has 2 amide bonds. The molecule has 2 fully saturated rings. The zero-order chi connectivity index (χ0) is 25.4. The van der Waals surface area contributed by atoms with Crippen LogP contribution in [-0.2, 0) is 24.3 Å². The summed E-state index contributed by atoms with van der Waals surface area (Å²) >= 11 is 7.43. The second-order valence-electron chi connectivity index (χ2n) is 8.89. The Labute approximate surface area is 219 Å². The van der Waals surface area contributed by atoms with Gasteiger partial charge in [0.05, 0.1) is 23.8 Å². The maximum atomic E-state index is 14.0. The summed E-state index contributed by atoms with van der Waals surface area (Å²) in [7, 11) is -4.08. The summed E-state index contributed by atoms with van der Waals surface area (Å²) in [6.07, 6.45) is 0.290. The monoisotopic (exact) mass is 547 g/mol. The van der Waals surface area contributed by atoms with E-state index < -0.39 is 22.1 Å². The lowest BCUT2D eigenvalue weighted by molar-refractivity contribution is -0.145. The van der Waals surface area contributed by atoms with Crippen LogP contribution in [0.25, 0.3) is 10.8 Å². The topological polar surface area (TPSA) is 87.2 Å². The van der Waals surface area contributed by atoms with Crippen molar-refractivity contribution < 1.29 is 22.7 Å². The van der Waals surface area contributed by atoms with Crippen LogP contribution >= 0.6 is 22.9 Å². The number of hydrogen-bond donors (Lipinski definition) is 0. The van der Waals surface area contributed by atoms with Crippen molar-refractivity contribution in [2.45, 2.75) is 30.3 Å². The minimum absolute atomic E-state index is 0.0900. The Bertz CT molecular complexity index is 1390. The lowest BCUT2D eigenvalue weighted by Gasteiger charge is -2.33. The van der Waals surface area contributed by atoms with Gasteiger partial charge >= 0.3 is 0 Å². The minimum atomic E-state index is -4.08. The van der Waals surface area contributed by atoms with E-state index in [1.165, 1.54) is 26.6 Å². The number of hydrogen-bond acceptors (Lipinski definition) is 6. The van der Waals surface area contributed by atoms with Crippen LogP contribution < -0.4 is 4.31 Å². The van der Waals surface area contributed by atoms with Crippen molar-refractivity contribution in [3.63, 3.8) is 0 Å². The molecule has 36 heavy (non-hydrogen) atoms. The first kappa shape index (κ1) is 25.0. The highest BCUT2D eigenvalue weighted by Gasteiger charge is 2.45. The van der Waals surface area contributed by atoms with Crippen molar-refractivity contribution in [2.75, 3.05) is 37.2 Å². The van der Waals surface area contributed by atoms with Crippen LogP contribution in [0.5, 0.6) is 0 Å². The highest BCUT2D eigenvalue weighted by atomic mass is 35.5. The quantitative estimate of drug-likeness (QED) is 0.470. The number of nitrogens with zero attached hydrogens (tertiary/aromatic N) is 3. The second-order valence-corrected chi connectivity index (χ2v) is 11.9. The Balaban J connectivity index is 1.46. The van der Waals surface area contributed by atoms with Crippen molar-refractivity contribution >= 4 is 61.2 Å². The number of sulfonamides is 1. The summed E-state index contributed by atoms with van der Waals surface area (Å²) in [6.45, 7) is 3.91. The third-order valence-electron chi connectivity index (χ3n) is 6.73. The molecule has 0 unspecified atom stereocenters. The van der Waals surface area contributed by atoms with Gasteiger partial charge in [0.15, 0.2) is 0 Å². The molecule has 0 radical (unpaired) electrons. The molecular weight excluding hydrogens is 522 g/mol. The molecule has 2 aliphatic heterocycles. The van der Waals surface area contributed by atoms with Crippen LogP contribution in [0.1, 0.15) is 13.3 Å². The largest absolute Gasteiger partial charge is 0.378 e. The normalized spacial score (nSPS) is 19.6. The van der Waals surface area contributed by atoms with E-state index in [1.807, 2.05) is 0 Å². The SMILES string of the molecule is C[C@@H](C(=O)N1CCOCC1)N1CC[C@H](N(c2ccsc2)S(=O)(=O)c2ccc3cc(Cl)ccc3c2)C1=O. The molecule has 3 aromatic rings. The smallest absolute Gasteiger partial charge is 0.265 e. The summed E-state index contributed by atoms with van der Waals surface area (Å²) in [5.74, 6) is -0.517. The van der Waals surface area contributed by atoms with Gasteiger partial charge in [0.1, 0.15) is 12.1 Å². The Morgan fingerprint density at radius 2 is 1.83 bits per heavy atom. The number of thiophene rings is 1. The first-order chi connectivity index (χ1) is 17.3. The fourth-order valence-electron chi connectivity index (χ4n) is 4.81. The van der Waals surface area contributed by atoms with Crippen LogP contribution in [0, 0.1) is 0 Å². The molecule has 8 nitrogen and oxygen atoms in total. The van der Waals surface area contributed by atoms with Crippen LogP contribution in [-0.4, -0.2) is 75.0 Å². The van der Waals surface area contributed by atoms with Gasteiger partial charge in [-0.3, -0.25) is 13.9 Å². The highest BCUT2D eigenvalue weighted by molar-refractivity contribution is 7.93. The number of morpholine rings is 1. The molecule has 2 aromatic carbocycles. The van der Waals surface area contributed by atoms with Crippen LogP contribution in [0.2, 0.25) is 5.02 Å². The highest BCUT2D eigenvalue weighted by Crippen LogP contribution is 2.34. The van der Waals surface area contributed by atoms with Gasteiger partial charge in [0.25, 0.3) is 10.0 Å². The standard InChI is InChI=1S/C25H26ClN3O5S2/c1-17(24(30)27-9-11-34-12-10-27)28-8-6-23(25(28)31)29(21-7-13-35-16-21)36(32,33)22-5-3-18-14-20(26)4-2-19(18)15-22/h2-5,7,13-17,23H,6,8-12H2,1H3/t17-,23-/m0/s1. The molecule has 2 aliphatic rings. The maximum absolute atomic E-state index is 14.0. The fourth-order valence-corrected chi connectivity index (χ4v) is 7.35. The van der Waals surface area contributed by atoms with E-state index in [2.05, 4.69) is 0 Å². The van der Waals surface area contributed by atoms with Gasteiger partial charge in [-0.15, -0.1) is 0 Å². The number of carbonyl (C=O) groups is 2. The number of carbonyl (C=O) groups excluding carboxylic acids is 2. The molecule has 11 heteroatoms. The molecule has 0 bridgehead atoms. The van der Waals surface area contributed by atoms with E-state index in [0.29, 0.717) is 43.6 Å². The number of likely N-dealkylation sites (tertiary alicyclic amines) is 1. The number of ether oxygens (including phenoxy) is 1. The van der Waals surface area contributed by atoms with Gasteiger partial charge in [-0.2, -0.15) is 11.3 Å². The third kappa shape index (κ3) is 4.58. The van der Waals surface area contributed by atoms with Gasteiger partial charge < -0.3 is 14.5 Å². The first-order valence-electron chi connectivity index (χ1n) is 11.7. The lowest BCUT2D eigenvalue weighted by Crippen LogP contribution is -2.53. The molecule has 0 N–H and O–H groups in total. The number of fused-ring (bicyclic) bond motifs is 1. The average molecular weight is 548 g/mol. The Morgan fingerprint density at radius 1 is 1.11 bits per heavy atom. The van der Waals surface area contributed by atoms with Gasteiger partial charge in [0.2, 0.25) is 11.8 Å². The molecule has 0 spiro atoms. The average Bonchev–Trinajstić information content (AvgIpc) is 3.54. The van der Waals surface area contributed by atoms with E-state index in [4.69, 9.17) is 16.3 Å². The van der Waals surface area contributed by atoms with Gasteiger partial charge in [-0.05, 0) is 59.8 Å². The van der Waals surface area contributed by atoms with Gasteiger partial charge in [0, 0.05) is 30.0 Å². The van der Waals surface area contributed by atoms with Crippen molar-refractivity contribution in [2.24, 2.45) is 0 Å². The third-order valence-corrected chi connectivity index (χ3v) is 9.47. The number of benzene rings is 2. The maximum Gasteiger partial charge on any atom is 0.265 e. The number of amides is 2. The molecule has 190 valence electrons. The zero-order valence-electron chi connectivity index (χ0n) is 19.7. The molecule has 0 saturated carbocycles. The number of rotatable bonds is 6. The first-order valence-corrected chi connectivity index (χ1v) is 14.5. The lowest BCUT2D eigenvalue weighted by atomic mass is 10.1. The summed E-state index contributed by atoms with van der Waals surface area (Å²) in [5, 5.41) is 5.62. The van der Waals surface area contributed by atoms with Crippen LogP contribution in [0.15, 0.2) is 58.1 Å². The molecule has 1 aromatic heterocycles. The molecule has 2 atom stereocenters. The summed E-state index contributed by atoms with van der Waals surface area (Å²) in [6, 6.07) is 10.2. The number of anilines is 1. The fraction of sp³-hybridized carbons (Fsp3) is 0.360. The Kier molecular flexibility index (Phi) is 6.95. The second kappa shape index (κ2) is 10.0. The molecule has 3 heterocycles. The van der Waals surface area contributed by atoms with Crippen molar-refractivity contribution in [1.82, 2.24) is 9.80 Å². The van der Waals surface area contributed by atoms with E-state index in [0.717, 1.165) is 10.8 Å². The Hall–Kier alpha value is -2.66. The minimum Gasteiger partial charge on any atom is -0.378 e. The van der Waals surface area contributed by atoms with E-state index in [-0.39, 0.29) is 23.1 Å². The molecular formula is C25H26ClN3O5S2. The number of halogens is 1. The van der Waals surface area contributed by atoms with Crippen LogP contribution in [0.4, 0.5) is 5.69 Å². The zero-order valence-corrected chi connectivity index (χ0v) is 22.1. The molecule has 0 aliphatic carbocycles. The van der Waals surface area contributed by atoms with Crippen molar-refractivity contribution in [3.8, 4) is 0 Å². The van der Waals surface area contributed by atoms with E-state index in [9.17, 15) is 18.0 Å². The van der Waals surface area contributed by atoms with Gasteiger partial charge in [-0.1, -0.05) is 23.7 Å². The van der Waals surface area contributed by atoms with Crippen LogP contribution in [0.3, 0.4) is 0 Å². The van der Waals surface area contributed by atoms with Crippen molar-refractivity contribution in [1.29, 1.82) is 0 Å². The summed E-state index contributed by atoms with van der Waals surface area (Å²) < 4.78 is 34.5. The van der Waals surface area contributed by atoms with E-state index in [1.54, 1.807) is 59.0 Å². The summed E-state index contributed by atoms with van der Waals surface area (Å²) in [4.78, 5) is 29.9. The van der Waals surface area contributed by atoms with Crippen molar-refractivity contribution in [3.05, 3.63) is 58.2 Å².